The summed E-state index contributed by atoms with van der Waals surface area (Å²) >= 11 is 0. The fourth-order valence-corrected chi connectivity index (χ4v) is 3.57. The Morgan fingerprint density at radius 1 is 1.20 bits per heavy atom. The molecule has 0 atom stereocenters. The fourth-order valence-electron chi connectivity index (χ4n) is 3.57. The van der Waals surface area contributed by atoms with Crippen LogP contribution >= 0.6 is 0 Å². The van der Waals surface area contributed by atoms with Crippen LogP contribution in [0.1, 0.15) is 29.5 Å². The van der Waals surface area contributed by atoms with Crippen molar-refractivity contribution in [3.05, 3.63) is 39.2 Å². The Labute approximate surface area is 116 Å². The van der Waals surface area contributed by atoms with Crippen molar-refractivity contribution in [2.75, 3.05) is 18.0 Å². The molecule has 100 valence electrons. The number of hydrogen-bond acceptors (Lipinski definition) is 4. The Hall–Kier alpha value is -2.28. The van der Waals surface area contributed by atoms with Crippen LogP contribution in [0.2, 0.25) is 0 Å². The molecule has 3 heterocycles. The van der Waals surface area contributed by atoms with Gasteiger partial charge in [-0.15, -0.1) is 0 Å². The van der Waals surface area contributed by atoms with E-state index in [9.17, 15) is 10.1 Å². The second-order valence-corrected chi connectivity index (χ2v) is 5.52. The van der Waals surface area contributed by atoms with E-state index < -0.39 is 5.63 Å². The molecule has 1 aromatic carbocycles. The second kappa shape index (κ2) is 4.11. The lowest BCUT2D eigenvalue weighted by atomic mass is 9.89. The summed E-state index contributed by atoms with van der Waals surface area (Å²) in [4.78, 5) is 14.1. The lowest BCUT2D eigenvalue weighted by molar-refractivity contribution is 0.549. The van der Waals surface area contributed by atoms with E-state index in [1.165, 1.54) is 17.3 Å². The molecule has 0 saturated carbocycles. The van der Waals surface area contributed by atoms with Crippen molar-refractivity contribution >= 4 is 16.7 Å². The topological polar surface area (TPSA) is 57.2 Å². The zero-order valence-electron chi connectivity index (χ0n) is 11.1. The van der Waals surface area contributed by atoms with Gasteiger partial charge < -0.3 is 9.32 Å². The maximum absolute atomic E-state index is 11.7. The zero-order valence-corrected chi connectivity index (χ0v) is 11.1. The third kappa shape index (κ3) is 1.50. The Morgan fingerprint density at radius 3 is 2.80 bits per heavy atom. The minimum atomic E-state index is -0.432. The van der Waals surface area contributed by atoms with Crippen molar-refractivity contribution in [1.82, 2.24) is 0 Å². The van der Waals surface area contributed by atoms with Crippen LogP contribution in [0.4, 0.5) is 5.69 Å². The van der Waals surface area contributed by atoms with Gasteiger partial charge in [-0.3, -0.25) is 0 Å². The fraction of sp³-hybridized carbons (Fsp3) is 0.375. The highest BCUT2D eigenvalue weighted by Gasteiger charge is 2.27. The molecule has 0 spiro atoms. The molecule has 0 fully saturated rings. The number of benzene rings is 1. The third-order valence-electron chi connectivity index (χ3n) is 4.35. The summed E-state index contributed by atoms with van der Waals surface area (Å²) in [6, 6.07) is 5.47. The van der Waals surface area contributed by atoms with Crippen LogP contribution in [0, 0.1) is 11.3 Å². The van der Waals surface area contributed by atoms with Gasteiger partial charge >= 0.3 is 5.63 Å². The number of nitrogens with zero attached hydrogens (tertiary/aromatic N) is 2. The van der Waals surface area contributed by atoms with Crippen LogP contribution in [0.25, 0.3) is 11.0 Å². The standard InChI is InChI=1S/C16H14N2O2/c17-9-11-8-14(19)20-16-12-4-2-6-18-5-1-3-10(15(12)18)7-13(11)16/h7-8H,1-6H2. The summed E-state index contributed by atoms with van der Waals surface area (Å²) in [6.45, 7) is 2.15. The monoisotopic (exact) mass is 266 g/mol. The van der Waals surface area contributed by atoms with Crippen LogP contribution in [-0.4, -0.2) is 13.1 Å². The van der Waals surface area contributed by atoms with Crippen molar-refractivity contribution in [3.63, 3.8) is 0 Å². The largest absolute Gasteiger partial charge is 0.422 e. The van der Waals surface area contributed by atoms with Gasteiger partial charge in [0.05, 0.1) is 5.56 Å². The van der Waals surface area contributed by atoms with E-state index >= 15 is 0 Å². The lowest BCUT2D eigenvalue weighted by Gasteiger charge is -2.37. The number of rotatable bonds is 0. The van der Waals surface area contributed by atoms with E-state index in [2.05, 4.69) is 11.0 Å². The molecular weight excluding hydrogens is 252 g/mol. The van der Waals surface area contributed by atoms with E-state index in [0.717, 1.165) is 49.7 Å². The van der Waals surface area contributed by atoms with Crippen LogP contribution in [0.15, 0.2) is 21.3 Å². The number of hydrogen-bond donors (Lipinski definition) is 0. The van der Waals surface area contributed by atoms with Gasteiger partial charge in [0.25, 0.3) is 0 Å². The van der Waals surface area contributed by atoms with Gasteiger partial charge in [-0.2, -0.15) is 5.26 Å². The minimum absolute atomic E-state index is 0.429. The highest BCUT2D eigenvalue weighted by Crippen LogP contribution is 2.40. The number of aryl methyl sites for hydroxylation is 2. The number of fused-ring (bicyclic) bond motifs is 2. The van der Waals surface area contributed by atoms with Gasteiger partial charge in [-0.1, -0.05) is 0 Å². The molecule has 4 nitrogen and oxygen atoms in total. The molecule has 4 rings (SSSR count). The molecule has 4 heteroatoms. The van der Waals surface area contributed by atoms with Crippen molar-refractivity contribution in [1.29, 1.82) is 5.26 Å². The summed E-state index contributed by atoms with van der Waals surface area (Å²) in [5.41, 5.74) is 4.30. The van der Waals surface area contributed by atoms with Crippen LogP contribution in [0.5, 0.6) is 0 Å². The normalized spacial score (nSPS) is 16.9. The van der Waals surface area contributed by atoms with Gasteiger partial charge in [0.15, 0.2) is 0 Å². The highest BCUT2D eigenvalue weighted by molar-refractivity contribution is 5.91. The predicted molar refractivity (Wildman–Crippen MR) is 76.1 cm³/mol. The maximum atomic E-state index is 11.7. The third-order valence-corrected chi connectivity index (χ3v) is 4.35. The molecular formula is C16H14N2O2. The molecule has 20 heavy (non-hydrogen) atoms. The summed E-state index contributed by atoms with van der Waals surface area (Å²) in [6.07, 6.45) is 4.19. The minimum Gasteiger partial charge on any atom is -0.422 e. The predicted octanol–water partition coefficient (Wildman–Crippen LogP) is 2.36. The van der Waals surface area contributed by atoms with Gasteiger partial charge in [0.1, 0.15) is 11.7 Å². The molecule has 2 aliphatic heterocycles. The van der Waals surface area contributed by atoms with Crippen LogP contribution in [0.3, 0.4) is 0 Å². The number of anilines is 1. The molecule has 0 bridgehead atoms. The van der Waals surface area contributed by atoms with Crippen molar-refractivity contribution in [2.24, 2.45) is 0 Å². The summed E-state index contributed by atoms with van der Waals surface area (Å²) in [5, 5.41) is 10.0. The van der Waals surface area contributed by atoms with E-state index in [-0.39, 0.29) is 0 Å². The van der Waals surface area contributed by atoms with Crippen molar-refractivity contribution in [3.8, 4) is 6.07 Å². The molecule has 2 aromatic rings. The van der Waals surface area contributed by atoms with Crippen molar-refractivity contribution in [2.45, 2.75) is 25.7 Å². The molecule has 0 saturated heterocycles. The zero-order chi connectivity index (χ0) is 13.7. The Bertz CT molecular complexity index is 812. The quantitative estimate of drug-likeness (QED) is 0.687. The maximum Gasteiger partial charge on any atom is 0.337 e. The SMILES string of the molecule is N#Cc1cc(=O)oc2c3c4c(cc12)CCCN4CCC3. The smallest absolute Gasteiger partial charge is 0.337 e. The average Bonchev–Trinajstić information content (AvgIpc) is 2.48. The molecule has 2 aliphatic rings. The van der Waals surface area contributed by atoms with Gasteiger partial charge in [-0.25, -0.2) is 4.79 Å². The summed E-state index contributed by atoms with van der Waals surface area (Å²) < 4.78 is 5.44. The first kappa shape index (κ1) is 11.5. The Morgan fingerprint density at radius 2 is 2.00 bits per heavy atom. The first-order chi connectivity index (χ1) is 9.78. The average molecular weight is 266 g/mol. The van der Waals surface area contributed by atoms with Gasteiger partial charge in [0.2, 0.25) is 0 Å². The van der Waals surface area contributed by atoms with E-state index in [4.69, 9.17) is 4.42 Å². The molecule has 0 amide bonds. The number of nitriles is 1. The molecule has 0 N–H and O–H groups in total. The van der Waals surface area contributed by atoms with Gasteiger partial charge in [-0.05, 0) is 37.3 Å². The molecule has 0 aliphatic carbocycles. The van der Waals surface area contributed by atoms with E-state index in [1.54, 1.807) is 0 Å². The van der Waals surface area contributed by atoms with Crippen LogP contribution < -0.4 is 10.5 Å². The molecule has 1 aromatic heterocycles. The summed E-state index contributed by atoms with van der Waals surface area (Å²) in [7, 11) is 0. The van der Waals surface area contributed by atoms with Crippen molar-refractivity contribution < 1.29 is 4.42 Å². The molecule has 0 radical (unpaired) electrons. The first-order valence-corrected chi connectivity index (χ1v) is 7.05. The van der Waals surface area contributed by atoms with Crippen LogP contribution in [-0.2, 0) is 12.8 Å². The second-order valence-electron chi connectivity index (χ2n) is 5.52. The summed E-state index contributed by atoms with van der Waals surface area (Å²) in [5.74, 6) is 0. The van der Waals surface area contributed by atoms with Gasteiger partial charge in [0, 0.05) is 35.8 Å². The molecule has 0 unspecified atom stereocenters. The first-order valence-electron chi connectivity index (χ1n) is 7.05. The Balaban J connectivity index is 2.16. The van der Waals surface area contributed by atoms with E-state index in [1.807, 2.05) is 6.07 Å². The van der Waals surface area contributed by atoms with E-state index in [0.29, 0.717) is 11.1 Å². The lowest BCUT2D eigenvalue weighted by Crippen LogP contribution is -2.34. The highest BCUT2D eigenvalue weighted by atomic mass is 16.4. The Kier molecular flexibility index (Phi) is 2.37.